The largest absolute Gasteiger partial charge is 0.303 e. The highest BCUT2D eigenvalue weighted by molar-refractivity contribution is 5.84. The maximum absolute atomic E-state index is 9.31. The van der Waals surface area contributed by atoms with E-state index < -0.39 is 11.1 Å². The molecule has 1 saturated heterocycles. The van der Waals surface area contributed by atoms with E-state index in [1.807, 2.05) is 57.2 Å². The fourth-order valence-corrected chi connectivity index (χ4v) is 2.79. The first-order valence-corrected chi connectivity index (χ1v) is 5.97. The van der Waals surface area contributed by atoms with Crippen LogP contribution < -0.4 is 4.90 Å². The van der Waals surface area contributed by atoms with Crippen molar-refractivity contribution in [3.05, 3.63) is 28.8 Å². The molecule has 0 atom stereocenters. The lowest BCUT2D eigenvalue weighted by Gasteiger charge is -2.14. The SMILES string of the molecule is Cc1cc(C)c(N2C(C#N)(C#N)C2(C#N)C#N)c(C)c1. The summed E-state index contributed by atoms with van der Waals surface area (Å²) in [5, 5.41) is 37.2. The van der Waals surface area contributed by atoms with Crippen LogP contribution in [0.2, 0.25) is 0 Å². The van der Waals surface area contributed by atoms with Crippen LogP contribution in [0.25, 0.3) is 0 Å². The fourth-order valence-electron chi connectivity index (χ4n) is 2.79. The molecular formula is C15H11N5. The zero-order valence-electron chi connectivity index (χ0n) is 11.4. The van der Waals surface area contributed by atoms with Gasteiger partial charge in [-0.1, -0.05) is 17.7 Å². The second kappa shape index (κ2) is 3.99. The van der Waals surface area contributed by atoms with Gasteiger partial charge in [-0.2, -0.15) is 21.0 Å². The third-order valence-electron chi connectivity index (χ3n) is 3.65. The highest BCUT2D eigenvalue weighted by Crippen LogP contribution is 2.55. The van der Waals surface area contributed by atoms with Crippen molar-refractivity contribution < 1.29 is 0 Å². The number of aryl methyl sites for hydroxylation is 3. The Balaban J connectivity index is 2.75. The molecule has 96 valence electrons. The molecule has 0 spiro atoms. The van der Waals surface area contributed by atoms with Crippen LogP contribution in [0.3, 0.4) is 0 Å². The van der Waals surface area contributed by atoms with Gasteiger partial charge in [0.1, 0.15) is 24.3 Å². The topological polar surface area (TPSA) is 98.2 Å². The summed E-state index contributed by atoms with van der Waals surface area (Å²) in [6, 6.07) is 11.1. The molecule has 0 unspecified atom stereocenters. The van der Waals surface area contributed by atoms with Crippen molar-refractivity contribution >= 4 is 5.69 Å². The molecule has 20 heavy (non-hydrogen) atoms. The molecule has 5 nitrogen and oxygen atoms in total. The molecule has 1 heterocycles. The molecule has 0 aromatic heterocycles. The fraction of sp³-hybridized carbons (Fsp3) is 0.333. The molecular weight excluding hydrogens is 250 g/mol. The van der Waals surface area contributed by atoms with Gasteiger partial charge in [0.15, 0.2) is 0 Å². The monoisotopic (exact) mass is 261 g/mol. The molecule has 0 N–H and O–H groups in total. The summed E-state index contributed by atoms with van der Waals surface area (Å²) in [6.45, 7) is 5.62. The Morgan fingerprint density at radius 3 is 1.45 bits per heavy atom. The van der Waals surface area contributed by atoms with Crippen molar-refractivity contribution in [3.63, 3.8) is 0 Å². The summed E-state index contributed by atoms with van der Waals surface area (Å²) < 4.78 is 0. The Labute approximate surface area is 117 Å². The van der Waals surface area contributed by atoms with Crippen LogP contribution in [0.4, 0.5) is 5.69 Å². The molecule has 0 radical (unpaired) electrons. The van der Waals surface area contributed by atoms with Crippen LogP contribution >= 0.6 is 0 Å². The molecule has 5 heteroatoms. The van der Waals surface area contributed by atoms with E-state index in [1.54, 1.807) is 0 Å². The summed E-state index contributed by atoms with van der Waals surface area (Å²) in [7, 11) is 0. The molecule has 1 aliphatic heterocycles. The van der Waals surface area contributed by atoms with Crippen molar-refractivity contribution in [2.24, 2.45) is 0 Å². The summed E-state index contributed by atoms with van der Waals surface area (Å²) in [6.07, 6.45) is 0. The molecule has 0 amide bonds. The minimum absolute atomic E-state index is 0.613. The van der Waals surface area contributed by atoms with Gasteiger partial charge in [0, 0.05) is 5.69 Å². The number of nitriles is 4. The van der Waals surface area contributed by atoms with Crippen LogP contribution in [0.15, 0.2) is 12.1 Å². The zero-order chi connectivity index (χ0) is 15.1. The van der Waals surface area contributed by atoms with E-state index in [9.17, 15) is 21.0 Å². The lowest BCUT2D eigenvalue weighted by molar-refractivity contribution is 0.940. The molecule has 1 aliphatic rings. The Morgan fingerprint density at radius 1 is 0.800 bits per heavy atom. The standard InChI is InChI=1S/C15H11N5/c1-10-4-11(2)13(12(3)5-10)20-14(6-16,7-17)15(20,8-18)9-19/h4-5H,1-3H3. The number of anilines is 1. The van der Waals surface area contributed by atoms with Gasteiger partial charge in [-0.05, 0) is 31.9 Å². The zero-order valence-corrected chi connectivity index (χ0v) is 11.4. The smallest absolute Gasteiger partial charge is 0.267 e. The minimum Gasteiger partial charge on any atom is -0.303 e. The third-order valence-corrected chi connectivity index (χ3v) is 3.65. The van der Waals surface area contributed by atoms with Gasteiger partial charge >= 0.3 is 0 Å². The number of rotatable bonds is 1. The van der Waals surface area contributed by atoms with Crippen molar-refractivity contribution in [2.45, 2.75) is 31.8 Å². The Bertz CT molecular complexity index is 674. The second-order valence-corrected chi connectivity index (χ2v) is 4.95. The summed E-state index contributed by atoms with van der Waals surface area (Å²) in [5.41, 5.74) is -0.135. The first-order chi connectivity index (χ1) is 9.44. The van der Waals surface area contributed by atoms with E-state index in [2.05, 4.69) is 0 Å². The number of benzene rings is 1. The van der Waals surface area contributed by atoms with Gasteiger partial charge in [-0.3, -0.25) is 0 Å². The van der Waals surface area contributed by atoms with Crippen LogP contribution in [0.1, 0.15) is 16.7 Å². The first-order valence-electron chi connectivity index (χ1n) is 5.97. The Hall–Kier alpha value is -3.02. The molecule has 0 bridgehead atoms. The van der Waals surface area contributed by atoms with Gasteiger partial charge in [0.05, 0.1) is 0 Å². The third kappa shape index (κ3) is 1.27. The molecule has 0 aliphatic carbocycles. The maximum atomic E-state index is 9.31. The quantitative estimate of drug-likeness (QED) is 0.720. The molecule has 1 aromatic rings. The average molecular weight is 261 g/mol. The molecule has 1 aromatic carbocycles. The van der Waals surface area contributed by atoms with E-state index >= 15 is 0 Å². The predicted octanol–water partition coefficient (Wildman–Crippen LogP) is 2.00. The average Bonchev–Trinajstić information content (AvgIpc) is 3.00. The van der Waals surface area contributed by atoms with Gasteiger partial charge < -0.3 is 4.90 Å². The number of nitrogens with zero attached hydrogens (tertiary/aromatic N) is 5. The predicted molar refractivity (Wildman–Crippen MR) is 71.0 cm³/mol. The number of hydrogen-bond donors (Lipinski definition) is 0. The van der Waals surface area contributed by atoms with Crippen LogP contribution in [-0.2, 0) is 0 Å². The van der Waals surface area contributed by atoms with Gasteiger partial charge in [-0.15, -0.1) is 0 Å². The van der Waals surface area contributed by atoms with Crippen LogP contribution in [0, 0.1) is 66.1 Å². The van der Waals surface area contributed by atoms with Crippen molar-refractivity contribution in [3.8, 4) is 24.3 Å². The molecule has 0 saturated carbocycles. The Morgan fingerprint density at radius 2 is 1.15 bits per heavy atom. The van der Waals surface area contributed by atoms with Crippen molar-refractivity contribution in [1.82, 2.24) is 0 Å². The lowest BCUT2D eigenvalue weighted by atomic mass is 9.98. The van der Waals surface area contributed by atoms with E-state index in [1.165, 1.54) is 4.90 Å². The van der Waals surface area contributed by atoms with Gasteiger partial charge in [0.25, 0.3) is 11.1 Å². The Kier molecular flexibility index (Phi) is 2.68. The summed E-state index contributed by atoms with van der Waals surface area (Å²) in [5.74, 6) is 0. The summed E-state index contributed by atoms with van der Waals surface area (Å²) in [4.78, 5) is 1.32. The van der Waals surface area contributed by atoms with E-state index in [-0.39, 0.29) is 0 Å². The maximum Gasteiger partial charge on any atom is 0.267 e. The highest BCUT2D eigenvalue weighted by Gasteiger charge is 2.81. The van der Waals surface area contributed by atoms with E-state index in [0.29, 0.717) is 5.69 Å². The first kappa shape index (κ1) is 13.4. The summed E-state index contributed by atoms with van der Waals surface area (Å²) >= 11 is 0. The second-order valence-electron chi connectivity index (χ2n) is 4.95. The van der Waals surface area contributed by atoms with Crippen molar-refractivity contribution in [1.29, 1.82) is 21.0 Å². The van der Waals surface area contributed by atoms with Crippen molar-refractivity contribution in [2.75, 3.05) is 4.90 Å². The molecule has 1 fully saturated rings. The number of hydrogen-bond acceptors (Lipinski definition) is 5. The van der Waals surface area contributed by atoms with Gasteiger partial charge in [-0.25, -0.2) is 0 Å². The lowest BCUT2D eigenvalue weighted by Crippen LogP contribution is -2.19. The highest BCUT2D eigenvalue weighted by atomic mass is 15.5. The van der Waals surface area contributed by atoms with Crippen LogP contribution in [0.5, 0.6) is 0 Å². The van der Waals surface area contributed by atoms with E-state index in [4.69, 9.17) is 0 Å². The minimum atomic E-state index is -1.73. The van der Waals surface area contributed by atoms with Gasteiger partial charge in [0.2, 0.25) is 0 Å². The normalized spacial score (nSPS) is 17.2. The molecule has 2 rings (SSSR count). The van der Waals surface area contributed by atoms with Crippen LogP contribution in [-0.4, -0.2) is 11.1 Å². The van der Waals surface area contributed by atoms with E-state index in [0.717, 1.165) is 16.7 Å².